The summed E-state index contributed by atoms with van der Waals surface area (Å²) in [5, 5.41) is 0. The predicted molar refractivity (Wildman–Crippen MR) is 311 cm³/mol. The number of allylic oxidation sites excluding steroid dienone is 18. The van der Waals surface area contributed by atoms with Gasteiger partial charge in [-0.2, -0.15) is 0 Å². The van der Waals surface area contributed by atoms with Crippen molar-refractivity contribution in [3.8, 4) is 0 Å². The molecule has 410 valence electrons. The molecule has 0 heterocycles. The van der Waals surface area contributed by atoms with Crippen LogP contribution in [0, 0.1) is 0 Å². The van der Waals surface area contributed by atoms with Crippen molar-refractivity contribution in [1.29, 1.82) is 0 Å². The van der Waals surface area contributed by atoms with E-state index in [-0.39, 0.29) is 31.1 Å². The normalized spacial score (nSPS) is 12.9. The Hall–Kier alpha value is -3.93. The first-order valence-corrected chi connectivity index (χ1v) is 30.0. The van der Waals surface area contributed by atoms with Crippen molar-refractivity contribution in [2.75, 3.05) is 13.2 Å². The minimum Gasteiger partial charge on any atom is -0.462 e. The lowest BCUT2D eigenvalue weighted by Crippen LogP contribution is -2.30. The number of esters is 3. The summed E-state index contributed by atoms with van der Waals surface area (Å²) in [5.74, 6) is -0.937. The van der Waals surface area contributed by atoms with Crippen LogP contribution in [0.5, 0.6) is 0 Å². The first-order chi connectivity index (χ1) is 35.5. The maximum absolute atomic E-state index is 12.9. The topological polar surface area (TPSA) is 78.9 Å². The molecule has 0 saturated carbocycles. The molecule has 0 bridgehead atoms. The second-order valence-corrected chi connectivity index (χ2v) is 19.7. The van der Waals surface area contributed by atoms with Gasteiger partial charge in [-0.15, -0.1) is 0 Å². The van der Waals surface area contributed by atoms with Crippen LogP contribution in [0.4, 0.5) is 0 Å². The molecule has 0 radical (unpaired) electrons. The Morgan fingerprint density at radius 3 is 0.903 bits per heavy atom. The van der Waals surface area contributed by atoms with E-state index in [0.717, 1.165) is 70.6 Å². The van der Waals surface area contributed by atoms with E-state index in [1.807, 2.05) is 72.9 Å². The van der Waals surface area contributed by atoms with Gasteiger partial charge in [0, 0.05) is 19.3 Å². The lowest BCUT2D eigenvalue weighted by atomic mass is 10.0. The van der Waals surface area contributed by atoms with Crippen LogP contribution in [0.2, 0.25) is 0 Å². The molecular weight excluding hydrogens is 889 g/mol. The molecule has 0 aromatic rings. The number of carbonyl (C=O) groups is 3. The predicted octanol–water partition coefficient (Wildman–Crippen LogP) is 20.3. The summed E-state index contributed by atoms with van der Waals surface area (Å²) in [4.78, 5) is 38.2. The largest absolute Gasteiger partial charge is 0.462 e. The molecule has 1 unspecified atom stereocenters. The summed E-state index contributed by atoms with van der Waals surface area (Å²) in [7, 11) is 0. The minimum atomic E-state index is -0.800. The van der Waals surface area contributed by atoms with Gasteiger partial charge in [-0.25, -0.2) is 0 Å². The zero-order chi connectivity index (χ0) is 52.2. The van der Waals surface area contributed by atoms with E-state index in [9.17, 15) is 14.4 Å². The quantitative estimate of drug-likeness (QED) is 0.0261. The fourth-order valence-electron chi connectivity index (χ4n) is 8.24. The molecule has 0 aliphatic carbocycles. The third kappa shape index (κ3) is 57.0. The summed E-state index contributed by atoms with van der Waals surface area (Å²) < 4.78 is 16.9. The zero-order valence-electron chi connectivity index (χ0n) is 46.9. The molecule has 6 nitrogen and oxygen atoms in total. The second-order valence-electron chi connectivity index (χ2n) is 19.7. The molecule has 0 rings (SSSR count). The average Bonchev–Trinajstić information content (AvgIpc) is 3.38. The second kappa shape index (κ2) is 59.6. The Morgan fingerprint density at radius 1 is 0.292 bits per heavy atom. The highest BCUT2D eigenvalue weighted by Gasteiger charge is 2.19. The van der Waals surface area contributed by atoms with Crippen LogP contribution >= 0.6 is 0 Å². The van der Waals surface area contributed by atoms with Crippen molar-refractivity contribution in [3.63, 3.8) is 0 Å². The summed E-state index contributed by atoms with van der Waals surface area (Å²) >= 11 is 0. The average molecular weight is 1000 g/mol. The number of carbonyl (C=O) groups excluding carboxylic acids is 3. The number of rotatable bonds is 53. The minimum absolute atomic E-state index is 0.0934. The first-order valence-electron chi connectivity index (χ1n) is 30.0. The summed E-state index contributed by atoms with van der Waals surface area (Å²) in [6, 6.07) is 0. The Balaban J connectivity index is 4.48. The molecule has 0 N–H and O–H groups in total. The van der Waals surface area contributed by atoms with Gasteiger partial charge in [0.2, 0.25) is 0 Å². The van der Waals surface area contributed by atoms with Crippen molar-refractivity contribution in [1.82, 2.24) is 0 Å². The van der Waals surface area contributed by atoms with E-state index in [1.54, 1.807) is 0 Å². The Labute approximate surface area is 444 Å². The van der Waals surface area contributed by atoms with E-state index in [0.29, 0.717) is 19.3 Å². The fourth-order valence-corrected chi connectivity index (χ4v) is 8.24. The van der Waals surface area contributed by atoms with E-state index < -0.39 is 6.10 Å². The molecule has 6 heteroatoms. The molecule has 0 spiro atoms. The highest BCUT2D eigenvalue weighted by molar-refractivity contribution is 5.71. The monoisotopic (exact) mass is 999 g/mol. The van der Waals surface area contributed by atoms with Crippen molar-refractivity contribution >= 4 is 17.9 Å². The molecule has 0 aliphatic heterocycles. The van der Waals surface area contributed by atoms with Gasteiger partial charge >= 0.3 is 17.9 Å². The molecule has 72 heavy (non-hydrogen) atoms. The molecule has 0 aliphatic rings. The van der Waals surface area contributed by atoms with Gasteiger partial charge < -0.3 is 14.2 Å². The molecular formula is C66H110O6. The Bertz CT molecular complexity index is 1470. The third-order valence-electron chi connectivity index (χ3n) is 12.7. The Morgan fingerprint density at radius 2 is 0.542 bits per heavy atom. The highest BCUT2D eigenvalue weighted by atomic mass is 16.6. The van der Waals surface area contributed by atoms with Crippen LogP contribution < -0.4 is 0 Å². The molecule has 1 atom stereocenters. The first kappa shape index (κ1) is 68.1. The molecule has 0 aromatic carbocycles. The van der Waals surface area contributed by atoms with Gasteiger partial charge in [-0.05, 0) is 64.2 Å². The Kier molecular flexibility index (Phi) is 56.4. The van der Waals surface area contributed by atoms with Gasteiger partial charge in [0.1, 0.15) is 13.2 Å². The van der Waals surface area contributed by atoms with Gasteiger partial charge in [0.15, 0.2) is 6.10 Å². The number of ether oxygens (including phenoxy) is 3. The summed E-state index contributed by atoms with van der Waals surface area (Å²) in [6.45, 7) is 6.45. The van der Waals surface area contributed by atoms with E-state index in [2.05, 4.69) is 57.2 Å². The fraction of sp³-hybridized carbons (Fsp3) is 0.682. The van der Waals surface area contributed by atoms with Crippen LogP contribution in [-0.2, 0) is 28.6 Å². The van der Waals surface area contributed by atoms with Crippen molar-refractivity contribution in [2.24, 2.45) is 0 Å². The molecule has 0 fully saturated rings. The maximum atomic E-state index is 12.9. The van der Waals surface area contributed by atoms with Gasteiger partial charge in [0.25, 0.3) is 0 Å². The van der Waals surface area contributed by atoms with Crippen LogP contribution in [0.15, 0.2) is 109 Å². The summed E-state index contributed by atoms with van der Waals surface area (Å²) in [5.41, 5.74) is 0. The van der Waals surface area contributed by atoms with E-state index >= 15 is 0 Å². The zero-order valence-corrected chi connectivity index (χ0v) is 46.9. The molecule has 0 aromatic heterocycles. The molecule has 0 amide bonds. The third-order valence-corrected chi connectivity index (χ3v) is 12.7. The lowest BCUT2D eigenvalue weighted by Gasteiger charge is -2.18. The van der Waals surface area contributed by atoms with Crippen molar-refractivity contribution in [3.05, 3.63) is 109 Å². The maximum Gasteiger partial charge on any atom is 0.306 e. The van der Waals surface area contributed by atoms with Crippen LogP contribution in [-0.4, -0.2) is 37.2 Å². The smallest absolute Gasteiger partial charge is 0.306 e. The number of hydrogen-bond acceptors (Lipinski definition) is 6. The molecule has 0 saturated heterocycles. The van der Waals surface area contributed by atoms with Crippen LogP contribution in [0.3, 0.4) is 0 Å². The van der Waals surface area contributed by atoms with Gasteiger partial charge in [-0.3, -0.25) is 14.4 Å². The standard InChI is InChI=1S/C66H110O6/c1-4-7-10-13-16-19-22-25-28-31-33-35-38-41-44-47-50-53-56-59-65(68)71-62-63(61-70-64(67)58-55-52-49-46-43-40-37-30-27-24-21-18-15-12-9-6-3)72-66(69)60-57-54-51-48-45-42-39-36-34-32-29-26-23-20-17-14-11-8-5-2/h7,10,13,16-17,19-20,22-23,25-26,28,31,33,35,38,41,44,63H,4-6,8-9,11-12,14-15,18,21,24,27,29-30,32,34,36-37,39-40,42-43,45-62H2,1-3H3/b10-7-,16-13-,20-17-,22-19-,26-23-,28-25-,33-31+,38-35-,44-41-. The number of hydrogen-bond donors (Lipinski definition) is 0. The SMILES string of the molecule is CC\C=C/C=C\C=C/C=C\C=C\C=C/C=C\CCCCCC(=O)OCC(COC(=O)CCCCCCCCCCCCCCCCCC)OC(=O)CCCCCCCCCCCC/C=C\C=C/CCCCC. The van der Waals surface area contributed by atoms with Crippen molar-refractivity contribution < 1.29 is 28.6 Å². The van der Waals surface area contributed by atoms with Crippen molar-refractivity contribution in [2.45, 2.75) is 277 Å². The highest BCUT2D eigenvalue weighted by Crippen LogP contribution is 2.16. The number of unbranched alkanes of at least 4 members (excludes halogenated alkanes) is 31. The van der Waals surface area contributed by atoms with Crippen LogP contribution in [0.1, 0.15) is 271 Å². The van der Waals surface area contributed by atoms with E-state index in [4.69, 9.17) is 14.2 Å². The summed E-state index contributed by atoms with van der Waals surface area (Å²) in [6.07, 6.45) is 80.7. The van der Waals surface area contributed by atoms with Gasteiger partial charge in [0.05, 0.1) is 0 Å². The van der Waals surface area contributed by atoms with E-state index in [1.165, 1.54) is 161 Å². The van der Waals surface area contributed by atoms with Gasteiger partial charge in [-0.1, -0.05) is 297 Å². The lowest BCUT2D eigenvalue weighted by molar-refractivity contribution is -0.167. The van der Waals surface area contributed by atoms with Crippen LogP contribution in [0.25, 0.3) is 0 Å².